The van der Waals surface area contributed by atoms with Crippen LogP contribution in [0.1, 0.15) is 33.6 Å². The highest BCUT2D eigenvalue weighted by Gasteiger charge is 2.38. The monoisotopic (exact) mass is 183 g/mol. The number of nitrogens with zero attached hydrogens (tertiary/aromatic N) is 1. The van der Waals surface area contributed by atoms with Crippen molar-refractivity contribution >= 4 is 11.9 Å². The third kappa shape index (κ3) is 1.99. The summed E-state index contributed by atoms with van der Waals surface area (Å²) in [5, 5.41) is 5.82. The van der Waals surface area contributed by atoms with Crippen molar-refractivity contribution < 1.29 is 4.79 Å². The van der Waals surface area contributed by atoms with Crippen molar-refractivity contribution in [3.63, 3.8) is 0 Å². The molecule has 0 radical (unpaired) electrons. The van der Waals surface area contributed by atoms with Gasteiger partial charge in [-0.1, -0.05) is 13.8 Å². The summed E-state index contributed by atoms with van der Waals surface area (Å²) in [6.07, 6.45) is 1.76. The lowest BCUT2D eigenvalue weighted by Crippen LogP contribution is -2.42. The minimum Gasteiger partial charge on any atom is -0.342 e. The standard InChI is InChI=1S/C9H17N3O/c1-4-6-10-8-11-7(13)9(3,5-2)12-8/h4-6H2,1-3H3,(H2,10,11,12,13). The average Bonchev–Trinajstić information content (AvgIpc) is 2.40. The van der Waals surface area contributed by atoms with Crippen LogP contribution in [-0.4, -0.2) is 24.0 Å². The fourth-order valence-corrected chi connectivity index (χ4v) is 1.15. The highest BCUT2D eigenvalue weighted by molar-refractivity contribution is 6.08. The fraction of sp³-hybridized carbons (Fsp3) is 0.778. The van der Waals surface area contributed by atoms with Crippen LogP contribution in [0.5, 0.6) is 0 Å². The van der Waals surface area contributed by atoms with Gasteiger partial charge in [-0.15, -0.1) is 0 Å². The van der Waals surface area contributed by atoms with Crippen LogP contribution in [0, 0.1) is 0 Å². The van der Waals surface area contributed by atoms with Gasteiger partial charge in [-0.2, -0.15) is 0 Å². The Morgan fingerprint density at radius 1 is 1.46 bits per heavy atom. The van der Waals surface area contributed by atoms with E-state index in [1.807, 2.05) is 13.8 Å². The maximum Gasteiger partial charge on any atom is 0.252 e. The Balaban J connectivity index is 2.65. The molecule has 0 spiro atoms. The van der Waals surface area contributed by atoms with Gasteiger partial charge in [0.15, 0.2) is 5.96 Å². The molecule has 13 heavy (non-hydrogen) atoms. The lowest BCUT2D eigenvalue weighted by atomic mass is 10.0. The second-order valence-electron chi connectivity index (χ2n) is 3.50. The lowest BCUT2D eigenvalue weighted by Gasteiger charge is -2.17. The van der Waals surface area contributed by atoms with Crippen LogP contribution in [-0.2, 0) is 4.79 Å². The van der Waals surface area contributed by atoms with E-state index in [0.29, 0.717) is 5.96 Å². The first-order valence-electron chi connectivity index (χ1n) is 4.76. The van der Waals surface area contributed by atoms with Crippen LogP contribution in [0.2, 0.25) is 0 Å². The SMILES string of the molecule is CCCN=C1NC(=O)C(C)(CC)N1. The van der Waals surface area contributed by atoms with Gasteiger partial charge in [-0.05, 0) is 19.8 Å². The number of guanidine groups is 1. The van der Waals surface area contributed by atoms with Crippen molar-refractivity contribution in [2.45, 2.75) is 39.2 Å². The molecule has 1 saturated heterocycles. The molecular weight excluding hydrogens is 166 g/mol. The Kier molecular flexibility index (Phi) is 2.90. The Labute approximate surface area is 78.8 Å². The number of rotatable bonds is 3. The topological polar surface area (TPSA) is 53.5 Å². The molecule has 1 amide bonds. The van der Waals surface area contributed by atoms with Crippen molar-refractivity contribution in [3.05, 3.63) is 0 Å². The predicted octanol–water partition coefficient (Wildman–Crippen LogP) is 0.640. The molecule has 4 nitrogen and oxygen atoms in total. The molecule has 1 aliphatic heterocycles. The first kappa shape index (κ1) is 10.0. The highest BCUT2D eigenvalue weighted by atomic mass is 16.2. The molecule has 4 heteroatoms. The zero-order valence-corrected chi connectivity index (χ0v) is 8.48. The zero-order valence-electron chi connectivity index (χ0n) is 8.48. The summed E-state index contributed by atoms with van der Waals surface area (Å²) in [7, 11) is 0. The summed E-state index contributed by atoms with van der Waals surface area (Å²) >= 11 is 0. The third-order valence-corrected chi connectivity index (χ3v) is 2.33. The normalized spacial score (nSPS) is 30.4. The molecule has 74 valence electrons. The molecule has 0 aromatic heterocycles. The van der Waals surface area contributed by atoms with E-state index >= 15 is 0 Å². The number of carbonyl (C=O) groups is 1. The zero-order chi connectivity index (χ0) is 9.90. The third-order valence-electron chi connectivity index (χ3n) is 2.33. The van der Waals surface area contributed by atoms with Crippen LogP contribution >= 0.6 is 0 Å². The largest absolute Gasteiger partial charge is 0.342 e. The first-order valence-corrected chi connectivity index (χ1v) is 4.76. The van der Waals surface area contributed by atoms with Gasteiger partial charge in [-0.3, -0.25) is 15.1 Å². The van der Waals surface area contributed by atoms with E-state index in [9.17, 15) is 4.79 Å². The van der Waals surface area contributed by atoms with Crippen LogP contribution < -0.4 is 10.6 Å². The van der Waals surface area contributed by atoms with Crippen LogP contribution in [0.25, 0.3) is 0 Å². The minimum absolute atomic E-state index is 0.0184. The van der Waals surface area contributed by atoms with Crippen molar-refractivity contribution in [3.8, 4) is 0 Å². The molecule has 1 atom stereocenters. The Morgan fingerprint density at radius 2 is 2.15 bits per heavy atom. The Bertz CT molecular complexity index is 237. The van der Waals surface area contributed by atoms with Gasteiger partial charge < -0.3 is 5.32 Å². The fourth-order valence-electron chi connectivity index (χ4n) is 1.15. The van der Waals surface area contributed by atoms with E-state index in [0.717, 1.165) is 19.4 Å². The molecule has 1 aliphatic rings. The number of hydrogen-bond donors (Lipinski definition) is 2. The van der Waals surface area contributed by atoms with E-state index in [4.69, 9.17) is 0 Å². The summed E-state index contributed by atoms with van der Waals surface area (Å²) in [5.74, 6) is 0.640. The van der Waals surface area contributed by atoms with E-state index in [-0.39, 0.29) is 5.91 Å². The second-order valence-corrected chi connectivity index (χ2v) is 3.50. The quantitative estimate of drug-likeness (QED) is 0.674. The van der Waals surface area contributed by atoms with Crippen LogP contribution in [0.3, 0.4) is 0 Å². The summed E-state index contributed by atoms with van der Waals surface area (Å²) in [6, 6.07) is 0. The Morgan fingerprint density at radius 3 is 2.62 bits per heavy atom. The number of nitrogens with one attached hydrogen (secondary N) is 2. The van der Waals surface area contributed by atoms with Crippen molar-refractivity contribution in [1.29, 1.82) is 0 Å². The van der Waals surface area contributed by atoms with Gasteiger partial charge in [0.05, 0.1) is 0 Å². The molecule has 1 fully saturated rings. The number of aliphatic imine (C=N–C) groups is 1. The van der Waals surface area contributed by atoms with Gasteiger partial charge in [0, 0.05) is 6.54 Å². The molecule has 0 aromatic rings. The summed E-state index contributed by atoms with van der Waals surface area (Å²) in [4.78, 5) is 15.7. The Hall–Kier alpha value is -1.06. The van der Waals surface area contributed by atoms with Gasteiger partial charge in [-0.25, -0.2) is 0 Å². The highest BCUT2D eigenvalue weighted by Crippen LogP contribution is 2.13. The predicted molar refractivity (Wildman–Crippen MR) is 52.6 cm³/mol. The molecule has 0 aromatic carbocycles. The van der Waals surface area contributed by atoms with Gasteiger partial charge in [0.1, 0.15) is 5.54 Å². The van der Waals surface area contributed by atoms with E-state index in [1.54, 1.807) is 0 Å². The van der Waals surface area contributed by atoms with Crippen LogP contribution in [0.4, 0.5) is 0 Å². The summed E-state index contributed by atoms with van der Waals surface area (Å²) in [5.41, 5.74) is -0.466. The van der Waals surface area contributed by atoms with Crippen molar-refractivity contribution in [2.24, 2.45) is 4.99 Å². The number of hydrogen-bond acceptors (Lipinski definition) is 2. The van der Waals surface area contributed by atoms with E-state index in [1.165, 1.54) is 0 Å². The average molecular weight is 183 g/mol. The maximum atomic E-state index is 11.4. The first-order chi connectivity index (χ1) is 6.12. The lowest BCUT2D eigenvalue weighted by molar-refractivity contribution is -0.123. The molecule has 2 N–H and O–H groups in total. The summed E-state index contributed by atoms with van der Waals surface area (Å²) in [6.45, 7) is 6.67. The molecule has 1 rings (SSSR count). The molecule has 0 saturated carbocycles. The van der Waals surface area contributed by atoms with Gasteiger partial charge in [0.2, 0.25) is 0 Å². The second kappa shape index (κ2) is 3.77. The molecule has 0 aliphatic carbocycles. The number of carbonyl (C=O) groups excluding carboxylic acids is 1. The molecular formula is C9H17N3O. The van der Waals surface area contributed by atoms with Gasteiger partial charge >= 0.3 is 0 Å². The molecule has 0 bridgehead atoms. The van der Waals surface area contributed by atoms with Crippen LogP contribution in [0.15, 0.2) is 4.99 Å². The smallest absolute Gasteiger partial charge is 0.252 e. The number of amides is 1. The van der Waals surface area contributed by atoms with Crippen molar-refractivity contribution in [1.82, 2.24) is 10.6 Å². The minimum atomic E-state index is -0.466. The summed E-state index contributed by atoms with van der Waals surface area (Å²) < 4.78 is 0. The van der Waals surface area contributed by atoms with Gasteiger partial charge in [0.25, 0.3) is 5.91 Å². The molecule has 1 unspecified atom stereocenters. The maximum absolute atomic E-state index is 11.4. The van der Waals surface area contributed by atoms with E-state index in [2.05, 4.69) is 22.5 Å². The molecule has 1 heterocycles. The van der Waals surface area contributed by atoms with E-state index < -0.39 is 5.54 Å². The van der Waals surface area contributed by atoms with Crippen molar-refractivity contribution in [2.75, 3.05) is 6.54 Å².